The highest BCUT2D eigenvalue weighted by Crippen LogP contribution is 2.12. The van der Waals surface area contributed by atoms with Crippen LogP contribution in [0.5, 0.6) is 0 Å². The molecule has 0 atom stereocenters. The highest BCUT2D eigenvalue weighted by atomic mass is 32.2. The molecule has 0 aromatic heterocycles. The van der Waals surface area contributed by atoms with Crippen LogP contribution in [0.1, 0.15) is 40.5 Å². The molecule has 0 aliphatic carbocycles. The van der Waals surface area contributed by atoms with Crippen LogP contribution in [-0.4, -0.2) is 11.5 Å². The van der Waals surface area contributed by atoms with E-state index >= 15 is 0 Å². The zero-order chi connectivity index (χ0) is 8.69. The Morgan fingerprint density at radius 1 is 0.833 bits per heavy atom. The predicted molar refractivity (Wildman–Crippen MR) is 61.3 cm³/mol. The van der Waals surface area contributed by atoms with E-state index in [0.717, 1.165) is 11.8 Å². The van der Waals surface area contributed by atoms with Gasteiger partial charge in [0.1, 0.15) is 0 Å². The van der Waals surface area contributed by atoms with Gasteiger partial charge in [0.25, 0.3) is 0 Å². The summed E-state index contributed by atoms with van der Waals surface area (Å²) < 4.78 is 0. The summed E-state index contributed by atoms with van der Waals surface area (Å²) in [7, 11) is 0. The van der Waals surface area contributed by atoms with Gasteiger partial charge in [0.15, 0.2) is 0 Å². The Balaban J connectivity index is 0. The van der Waals surface area contributed by atoms with Crippen LogP contribution in [0.15, 0.2) is 0 Å². The van der Waals surface area contributed by atoms with Crippen LogP contribution in [0.2, 0.25) is 0 Å². The highest BCUT2D eigenvalue weighted by Gasteiger charge is 1.96. The van der Waals surface area contributed by atoms with Crippen molar-refractivity contribution in [3.8, 4) is 0 Å². The van der Waals surface area contributed by atoms with Crippen molar-refractivity contribution in [3.63, 3.8) is 0 Å². The van der Waals surface area contributed by atoms with Gasteiger partial charge in [-0.2, -0.15) is 11.8 Å². The summed E-state index contributed by atoms with van der Waals surface area (Å²) in [5.41, 5.74) is 0. The molecule has 2 heteroatoms. The molecule has 3 N–H and O–H groups in total. The van der Waals surface area contributed by atoms with Gasteiger partial charge in [-0.05, 0) is 36.2 Å². The van der Waals surface area contributed by atoms with Gasteiger partial charge in [0.05, 0.1) is 0 Å². The third-order valence-electron chi connectivity index (χ3n) is 1.68. The van der Waals surface area contributed by atoms with Gasteiger partial charge in [0.2, 0.25) is 0 Å². The maximum atomic E-state index is 2.29. The molecule has 0 bridgehead atoms. The average molecular weight is 191 g/mol. The summed E-state index contributed by atoms with van der Waals surface area (Å²) in [6, 6.07) is 0. The molecule has 12 heavy (non-hydrogen) atoms. The molecule has 0 unspecified atom stereocenters. The molecule has 0 saturated carbocycles. The summed E-state index contributed by atoms with van der Waals surface area (Å²) in [5.74, 6) is 4.46. The lowest BCUT2D eigenvalue weighted by atomic mass is 10.2. The molecule has 0 aromatic rings. The van der Waals surface area contributed by atoms with Gasteiger partial charge in [-0.3, -0.25) is 0 Å². The third-order valence-corrected chi connectivity index (χ3v) is 2.73. The Kier molecular flexibility index (Phi) is 11.6. The minimum atomic E-state index is 0. The van der Waals surface area contributed by atoms with Crippen molar-refractivity contribution < 1.29 is 0 Å². The second-order valence-electron chi connectivity index (χ2n) is 3.98. The topological polar surface area (TPSA) is 35.0 Å². The molecular formula is C10H25NS. The van der Waals surface area contributed by atoms with Gasteiger partial charge in [0, 0.05) is 0 Å². The van der Waals surface area contributed by atoms with Crippen LogP contribution in [0, 0.1) is 11.8 Å². The predicted octanol–water partition coefficient (Wildman–Crippen LogP) is 3.97. The van der Waals surface area contributed by atoms with Crippen LogP contribution >= 0.6 is 11.8 Å². The SMILES string of the molecule is CC(C)CCSCCC(C)C.N. The van der Waals surface area contributed by atoms with E-state index in [-0.39, 0.29) is 6.15 Å². The van der Waals surface area contributed by atoms with E-state index in [1.165, 1.54) is 24.3 Å². The fraction of sp³-hybridized carbons (Fsp3) is 1.00. The molecule has 0 aromatic carbocycles. The number of hydrogen-bond acceptors (Lipinski definition) is 2. The van der Waals surface area contributed by atoms with Gasteiger partial charge < -0.3 is 6.15 Å². The van der Waals surface area contributed by atoms with E-state index in [1.807, 2.05) is 0 Å². The van der Waals surface area contributed by atoms with Crippen LogP contribution in [0.25, 0.3) is 0 Å². The Bertz CT molecular complexity index is 71.9. The smallest absolute Gasteiger partial charge is 0.00651 e. The molecule has 0 rings (SSSR count). The first-order valence-corrected chi connectivity index (χ1v) is 5.86. The maximum absolute atomic E-state index is 2.29. The normalized spacial score (nSPS) is 10.5. The minimum absolute atomic E-state index is 0. The van der Waals surface area contributed by atoms with E-state index in [4.69, 9.17) is 0 Å². The minimum Gasteiger partial charge on any atom is -0.344 e. The number of rotatable bonds is 6. The lowest BCUT2D eigenvalue weighted by Gasteiger charge is -2.05. The lowest BCUT2D eigenvalue weighted by Crippen LogP contribution is -1.93. The Labute approximate surface area is 82.3 Å². The summed E-state index contributed by atoms with van der Waals surface area (Å²) in [4.78, 5) is 0. The Morgan fingerprint density at radius 2 is 1.17 bits per heavy atom. The zero-order valence-electron chi connectivity index (χ0n) is 9.10. The molecule has 0 heterocycles. The van der Waals surface area contributed by atoms with Crippen LogP contribution < -0.4 is 6.15 Å². The van der Waals surface area contributed by atoms with Gasteiger partial charge in [-0.25, -0.2) is 0 Å². The quantitative estimate of drug-likeness (QED) is 0.645. The molecule has 0 fully saturated rings. The number of hydrogen-bond donors (Lipinski definition) is 1. The Hall–Kier alpha value is 0.310. The molecule has 0 aliphatic rings. The van der Waals surface area contributed by atoms with E-state index in [1.54, 1.807) is 0 Å². The van der Waals surface area contributed by atoms with Gasteiger partial charge in [-0.1, -0.05) is 27.7 Å². The summed E-state index contributed by atoms with van der Waals surface area (Å²) >= 11 is 2.11. The first-order chi connectivity index (χ1) is 5.13. The fourth-order valence-electron chi connectivity index (χ4n) is 0.740. The van der Waals surface area contributed by atoms with Crippen LogP contribution in [0.3, 0.4) is 0 Å². The molecule has 1 nitrogen and oxygen atoms in total. The lowest BCUT2D eigenvalue weighted by molar-refractivity contribution is 0.623. The van der Waals surface area contributed by atoms with E-state index in [2.05, 4.69) is 39.5 Å². The van der Waals surface area contributed by atoms with Crippen molar-refractivity contribution in [1.82, 2.24) is 6.15 Å². The molecule has 0 aliphatic heterocycles. The summed E-state index contributed by atoms with van der Waals surface area (Å²) in [6.45, 7) is 9.18. The van der Waals surface area contributed by atoms with Crippen molar-refractivity contribution >= 4 is 11.8 Å². The third kappa shape index (κ3) is 12.9. The van der Waals surface area contributed by atoms with Gasteiger partial charge >= 0.3 is 0 Å². The van der Waals surface area contributed by atoms with Crippen molar-refractivity contribution in [1.29, 1.82) is 0 Å². The van der Waals surface area contributed by atoms with Crippen LogP contribution in [0.4, 0.5) is 0 Å². The van der Waals surface area contributed by atoms with Gasteiger partial charge in [-0.15, -0.1) is 0 Å². The monoisotopic (exact) mass is 191 g/mol. The molecule has 0 amide bonds. The molecule has 0 radical (unpaired) electrons. The molecule has 0 spiro atoms. The fourth-order valence-corrected chi connectivity index (χ4v) is 2.22. The van der Waals surface area contributed by atoms with E-state index < -0.39 is 0 Å². The first-order valence-electron chi connectivity index (χ1n) is 4.70. The Morgan fingerprint density at radius 3 is 1.42 bits per heavy atom. The van der Waals surface area contributed by atoms with Crippen molar-refractivity contribution in [2.45, 2.75) is 40.5 Å². The van der Waals surface area contributed by atoms with Crippen molar-refractivity contribution in [2.75, 3.05) is 11.5 Å². The second kappa shape index (κ2) is 9.40. The van der Waals surface area contributed by atoms with E-state index in [9.17, 15) is 0 Å². The molecule has 0 saturated heterocycles. The molecule has 76 valence electrons. The second-order valence-corrected chi connectivity index (χ2v) is 5.20. The van der Waals surface area contributed by atoms with Crippen molar-refractivity contribution in [2.24, 2.45) is 11.8 Å². The highest BCUT2D eigenvalue weighted by molar-refractivity contribution is 7.99. The number of thioether (sulfide) groups is 1. The first kappa shape index (κ1) is 14.8. The summed E-state index contributed by atoms with van der Waals surface area (Å²) in [6.07, 6.45) is 2.76. The summed E-state index contributed by atoms with van der Waals surface area (Å²) in [5, 5.41) is 0. The zero-order valence-corrected chi connectivity index (χ0v) is 9.91. The molecular weight excluding hydrogens is 166 g/mol. The van der Waals surface area contributed by atoms with Crippen LogP contribution in [-0.2, 0) is 0 Å². The maximum Gasteiger partial charge on any atom is -0.00651 e. The van der Waals surface area contributed by atoms with E-state index in [0.29, 0.717) is 0 Å². The standard InChI is InChI=1S/C10H22S.H3N/c1-9(2)5-7-11-8-6-10(3)4;/h9-10H,5-8H2,1-4H3;1H3. The largest absolute Gasteiger partial charge is 0.344 e. The van der Waals surface area contributed by atoms with Crippen molar-refractivity contribution in [3.05, 3.63) is 0 Å². The average Bonchev–Trinajstić information content (AvgIpc) is 1.85.